The van der Waals surface area contributed by atoms with Crippen LogP contribution in [0.1, 0.15) is 73.6 Å². The quantitative estimate of drug-likeness (QED) is 0.0808. The number of hydrogen-bond donors (Lipinski definition) is 1. The highest BCUT2D eigenvalue weighted by atomic mass is 32.2. The molecule has 0 aliphatic carbocycles. The summed E-state index contributed by atoms with van der Waals surface area (Å²) in [5, 5.41) is 0. The van der Waals surface area contributed by atoms with Gasteiger partial charge in [0, 0.05) is 12.0 Å². The van der Waals surface area contributed by atoms with Gasteiger partial charge in [0.05, 0.1) is 32.3 Å². The standard InChI is InChI=1S/C38H48N2O7S/c1-7-8-9-10-11-12-13-17-23-33(40-48(42,43)35-27(2)19-18-20-28(35)3)38(26-29-21-15-14-16-22-29)37(41)47-36(39-38)30-24-31(44-4)34(46-6)32(25-30)45-5/h7,14-16,18-22,24-25,33,40H,1,8-13,17,23,26H2,2-6H3/t33-,38+/m1/s1. The van der Waals surface area contributed by atoms with Gasteiger partial charge in [0.25, 0.3) is 0 Å². The average Bonchev–Trinajstić information content (AvgIpc) is 3.40. The van der Waals surface area contributed by atoms with Crippen molar-refractivity contribution in [3.05, 3.63) is 95.6 Å². The van der Waals surface area contributed by atoms with Crippen molar-refractivity contribution in [2.45, 2.75) is 88.1 Å². The van der Waals surface area contributed by atoms with Gasteiger partial charge in [-0.3, -0.25) is 0 Å². The summed E-state index contributed by atoms with van der Waals surface area (Å²) in [6.45, 7) is 7.34. The molecule has 258 valence electrons. The first-order chi connectivity index (χ1) is 23.1. The Kier molecular flexibility index (Phi) is 12.8. The van der Waals surface area contributed by atoms with Crippen molar-refractivity contribution >= 4 is 21.9 Å². The molecule has 0 fully saturated rings. The molecule has 0 amide bonds. The lowest BCUT2D eigenvalue weighted by Crippen LogP contribution is -2.56. The highest BCUT2D eigenvalue weighted by molar-refractivity contribution is 7.89. The van der Waals surface area contributed by atoms with Crippen LogP contribution in [0.15, 0.2) is 83.2 Å². The Morgan fingerprint density at radius 1 is 0.875 bits per heavy atom. The minimum absolute atomic E-state index is 0.0497. The van der Waals surface area contributed by atoms with E-state index in [1.54, 1.807) is 38.1 Å². The van der Waals surface area contributed by atoms with E-state index in [2.05, 4.69) is 11.3 Å². The highest BCUT2D eigenvalue weighted by Crippen LogP contribution is 2.41. The largest absolute Gasteiger partial charge is 0.493 e. The number of rotatable bonds is 19. The third kappa shape index (κ3) is 8.46. The van der Waals surface area contributed by atoms with Crippen molar-refractivity contribution in [1.82, 2.24) is 4.72 Å². The van der Waals surface area contributed by atoms with Crippen LogP contribution in [0, 0.1) is 13.8 Å². The second kappa shape index (κ2) is 16.8. The maximum absolute atomic E-state index is 14.3. The molecule has 0 aromatic heterocycles. The minimum Gasteiger partial charge on any atom is -0.493 e. The normalized spacial score (nSPS) is 16.6. The van der Waals surface area contributed by atoms with Crippen molar-refractivity contribution in [2.75, 3.05) is 21.3 Å². The Morgan fingerprint density at radius 2 is 1.48 bits per heavy atom. The van der Waals surface area contributed by atoms with Gasteiger partial charge in [0.15, 0.2) is 17.0 Å². The number of aryl methyl sites for hydroxylation is 2. The van der Waals surface area contributed by atoms with Gasteiger partial charge in [0.2, 0.25) is 21.7 Å². The van der Waals surface area contributed by atoms with Crippen LogP contribution < -0.4 is 18.9 Å². The molecule has 1 aliphatic heterocycles. The van der Waals surface area contributed by atoms with Crippen LogP contribution in [0.2, 0.25) is 0 Å². The lowest BCUT2D eigenvalue weighted by atomic mass is 9.82. The van der Waals surface area contributed by atoms with Gasteiger partial charge in [-0.2, -0.15) is 0 Å². The van der Waals surface area contributed by atoms with Gasteiger partial charge in [-0.25, -0.2) is 22.9 Å². The summed E-state index contributed by atoms with van der Waals surface area (Å²) >= 11 is 0. The third-order valence-electron chi connectivity index (χ3n) is 8.77. The molecule has 0 spiro atoms. The van der Waals surface area contributed by atoms with Gasteiger partial charge >= 0.3 is 5.97 Å². The van der Waals surface area contributed by atoms with Gasteiger partial charge in [-0.15, -0.1) is 6.58 Å². The maximum atomic E-state index is 14.3. The predicted molar refractivity (Wildman–Crippen MR) is 189 cm³/mol. The van der Waals surface area contributed by atoms with Crippen LogP contribution in [0.4, 0.5) is 0 Å². The number of allylic oxidation sites excluding steroid dienone is 1. The van der Waals surface area contributed by atoms with Gasteiger partial charge in [0.1, 0.15) is 0 Å². The number of sulfonamides is 1. The number of esters is 1. The van der Waals surface area contributed by atoms with E-state index in [9.17, 15) is 13.2 Å². The number of carbonyl (C=O) groups is 1. The first-order valence-electron chi connectivity index (χ1n) is 16.5. The number of carbonyl (C=O) groups excluding carboxylic acids is 1. The van der Waals surface area contributed by atoms with Crippen LogP contribution >= 0.6 is 0 Å². The molecule has 9 nitrogen and oxygen atoms in total. The molecule has 1 aliphatic rings. The second-order valence-electron chi connectivity index (χ2n) is 12.2. The summed E-state index contributed by atoms with van der Waals surface area (Å²) in [6, 6.07) is 17.3. The fourth-order valence-corrected chi connectivity index (χ4v) is 8.11. The van der Waals surface area contributed by atoms with Crippen molar-refractivity contribution < 1.29 is 32.2 Å². The second-order valence-corrected chi connectivity index (χ2v) is 13.8. The molecule has 4 rings (SSSR count). The molecule has 1 heterocycles. The summed E-state index contributed by atoms with van der Waals surface area (Å²) in [5.41, 5.74) is 0.901. The molecule has 2 atom stereocenters. The number of unbranched alkanes of at least 4 members (excludes halogenated alkanes) is 6. The fourth-order valence-electron chi connectivity index (χ4n) is 6.32. The fraction of sp³-hybridized carbons (Fsp3) is 0.421. The zero-order valence-corrected chi connectivity index (χ0v) is 29.5. The number of hydrogen-bond acceptors (Lipinski definition) is 8. The van der Waals surface area contributed by atoms with Crippen molar-refractivity contribution in [3.63, 3.8) is 0 Å². The molecular formula is C38H48N2O7S. The Labute approximate surface area is 285 Å². The van der Waals surface area contributed by atoms with Crippen LogP contribution in [-0.4, -0.2) is 53.2 Å². The Morgan fingerprint density at radius 3 is 2.06 bits per heavy atom. The number of ether oxygens (including phenoxy) is 4. The van der Waals surface area contributed by atoms with Crippen LogP contribution in [0.3, 0.4) is 0 Å². The zero-order chi connectivity index (χ0) is 34.7. The highest BCUT2D eigenvalue weighted by Gasteiger charge is 2.53. The number of methoxy groups -OCH3 is 3. The third-order valence-corrected chi connectivity index (χ3v) is 10.6. The molecule has 0 unspecified atom stereocenters. The van der Waals surface area contributed by atoms with Gasteiger partial charge in [-0.1, -0.05) is 86.7 Å². The zero-order valence-electron chi connectivity index (χ0n) is 28.7. The van der Waals surface area contributed by atoms with Crippen LogP contribution in [0.25, 0.3) is 0 Å². The van der Waals surface area contributed by atoms with Crippen LogP contribution in [0.5, 0.6) is 17.2 Å². The predicted octanol–water partition coefficient (Wildman–Crippen LogP) is 7.27. The van der Waals surface area contributed by atoms with Crippen molar-refractivity contribution in [1.29, 1.82) is 0 Å². The Hall–Kier alpha value is -4.15. The van der Waals surface area contributed by atoms with E-state index in [-0.39, 0.29) is 17.2 Å². The number of aliphatic imine (C=N–C) groups is 1. The number of nitrogens with one attached hydrogen (secondary N) is 1. The molecule has 48 heavy (non-hydrogen) atoms. The number of cyclic esters (lactones) is 1. The number of benzene rings is 3. The van der Waals surface area contributed by atoms with Crippen molar-refractivity contribution in [3.8, 4) is 17.2 Å². The van der Waals surface area contributed by atoms with Gasteiger partial charge < -0.3 is 18.9 Å². The summed E-state index contributed by atoms with van der Waals surface area (Å²) in [7, 11) is 0.433. The first kappa shape index (κ1) is 36.7. The molecule has 1 N–H and O–H groups in total. The van der Waals surface area contributed by atoms with Crippen molar-refractivity contribution in [2.24, 2.45) is 4.99 Å². The monoisotopic (exact) mass is 676 g/mol. The molecule has 10 heteroatoms. The van der Waals surface area contributed by atoms with Gasteiger partial charge in [-0.05, 0) is 61.9 Å². The Balaban J connectivity index is 1.80. The smallest absolute Gasteiger partial charge is 0.342 e. The number of nitrogens with zero attached hydrogens (tertiary/aromatic N) is 1. The summed E-state index contributed by atoms with van der Waals surface area (Å²) in [4.78, 5) is 19.5. The maximum Gasteiger partial charge on any atom is 0.342 e. The van der Waals surface area contributed by atoms with E-state index in [4.69, 9.17) is 23.9 Å². The lowest BCUT2D eigenvalue weighted by Gasteiger charge is -2.33. The molecular weight excluding hydrogens is 628 g/mol. The minimum atomic E-state index is -4.08. The summed E-state index contributed by atoms with van der Waals surface area (Å²) < 4.78 is 53.9. The molecule has 0 saturated carbocycles. The van der Waals surface area contributed by atoms with E-state index in [1.165, 1.54) is 21.3 Å². The topological polar surface area (TPSA) is 113 Å². The van der Waals surface area contributed by atoms with E-state index >= 15 is 0 Å². The lowest BCUT2D eigenvalue weighted by molar-refractivity contribution is -0.140. The average molecular weight is 677 g/mol. The molecule has 0 saturated heterocycles. The molecule has 0 radical (unpaired) electrons. The molecule has 0 bridgehead atoms. The first-order valence-corrected chi connectivity index (χ1v) is 17.9. The molecule has 3 aromatic rings. The van der Waals surface area contributed by atoms with E-state index in [0.717, 1.165) is 44.1 Å². The summed E-state index contributed by atoms with van der Waals surface area (Å²) in [5.74, 6) is 0.536. The Bertz CT molecular complexity index is 1660. The summed E-state index contributed by atoms with van der Waals surface area (Å²) in [6.07, 6.45) is 9.32. The van der Waals surface area contributed by atoms with E-state index in [1.807, 2.05) is 42.5 Å². The molecule has 3 aromatic carbocycles. The van der Waals surface area contributed by atoms with E-state index in [0.29, 0.717) is 46.8 Å². The van der Waals surface area contributed by atoms with Crippen LogP contribution in [-0.2, 0) is 26.0 Å². The van der Waals surface area contributed by atoms with E-state index < -0.39 is 27.6 Å². The SMILES string of the molecule is C=CCCCCCCCC[C@@H](NS(=O)(=O)c1c(C)cccc1C)[C@]1(Cc2ccccc2)N=C(c2cc(OC)c(OC)c(OC)c2)OC1=O.